The van der Waals surface area contributed by atoms with Crippen LogP contribution in [0.15, 0.2) is 43.9 Å². The molecule has 0 fully saturated rings. The molecule has 0 saturated carbocycles. The van der Waals surface area contributed by atoms with Crippen molar-refractivity contribution in [2.75, 3.05) is 18.5 Å². The summed E-state index contributed by atoms with van der Waals surface area (Å²) in [7, 11) is 0. The number of rotatable bonds is 5. The molecule has 1 aliphatic heterocycles. The molecule has 9 heteroatoms. The normalized spacial score (nSPS) is 12.8. The Morgan fingerprint density at radius 1 is 1.23 bits per heavy atom. The van der Waals surface area contributed by atoms with Crippen molar-refractivity contribution >= 4 is 27.5 Å². The van der Waals surface area contributed by atoms with Crippen LogP contribution in [0.3, 0.4) is 0 Å². The van der Waals surface area contributed by atoms with Crippen molar-refractivity contribution < 1.29 is 23.2 Å². The van der Waals surface area contributed by atoms with E-state index in [1.807, 2.05) is 0 Å². The smallest absolute Gasteiger partial charge is 0.238 e. The molecular formula is C17H14BrN3O5. The van der Waals surface area contributed by atoms with Gasteiger partial charge in [0, 0.05) is 29.4 Å². The van der Waals surface area contributed by atoms with E-state index in [0.717, 1.165) is 0 Å². The minimum absolute atomic E-state index is 0.180. The molecule has 1 aliphatic rings. The monoisotopic (exact) mass is 419 g/mol. The maximum atomic E-state index is 12.2. The van der Waals surface area contributed by atoms with Gasteiger partial charge in [-0.1, -0.05) is 5.16 Å². The molecule has 0 spiro atoms. The third-order valence-corrected chi connectivity index (χ3v) is 4.34. The predicted molar refractivity (Wildman–Crippen MR) is 94.1 cm³/mol. The quantitative estimate of drug-likeness (QED) is 0.675. The number of amides is 1. The standard InChI is InChI=1S/C17H14BrN3O5/c18-10-8-13-14(25-7-6-24-13)9-11(10)19-15(22)3-4-16-20-17(21-26-16)12-2-1-5-23-12/h1-2,5,8-9H,3-4,6-7H2,(H,19,22). The Morgan fingerprint density at radius 3 is 2.81 bits per heavy atom. The van der Waals surface area contributed by atoms with Crippen LogP contribution in [0.5, 0.6) is 11.5 Å². The lowest BCUT2D eigenvalue weighted by Crippen LogP contribution is -2.17. The number of aryl methyl sites for hydroxylation is 1. The van der Waals surface area contributed by atoms with Gasteiger partial charge in [0.05, 0.1) is 12.0 Å². The van der Waals surface area contributed by atoms with Crippen LogP contribution < -0.4 is 14.8 Å². The zero-order valence-corrected chi connectivity index (χ0v) is 15.1. The Bertz CT molecular complexity index is 923. The highest BCUT2D eigenvalue weighted by molar-refractivity contribution is 9.10. The number of carbonyl (C=O) groups excluding carboxylic acids is 1. The van der Waals surface area contributed by atoms with Crippen molar-refractivity contribution in [3.63, 3.8) is 0 Å². The first-order chi connectivity index (χ1) is 12.7. The van der Waals surface area contributed by atoms with Crippen molar-refractivity contribution in [2.24, 2.45) is 0 Å². The molecule has 3 aromatic rings. The second-order valence-electron chi connectivity index (χ2n) is 5.51. The summed E-state index contributed by atoms with van der Waals surface area (Å²) in [5, 5.41) is 6.67. The highest BCUT2D eigenvalue weighted by Crippen LogP contribution is 2.38. The van der Waals surface area contributed by atoms with Crippen LogP contribution in [0.4, 0.5) is 5.69 Å². The zero-order valence-electron chi connectivity index (χ0n) is 13.5. The summed E-state index contributed by atoms with van der Waals surface area (Å²) in [5.74, 6) is 2.32. The van der Waals surface area contributed by atoms with E-state index in [4.69, 9.17) is 18.4 Å². The van der Waals surface area contributed by atoms with Gasteiger partial charge in [-0.15, -0.1) is 0 Å². The van der Waals surface area contributed by atoms with Crippen LogP contribution in [0.25, 0.3) is 11.6 Å². The molecule has 0 aliphatic carbocycles. The van der Waals surface area contributed by atoms with Gasteiger partial charge >= 0.3 is 0 Å². The average molecular weight is 420 g/mol. The molecule has 3 heterocycles. The molecule has 2 aromatic heterocycles. The van der Waals surface area contributed by atoms with Crippen molar-refractivity contribution in [2.45, 2.75) is 12.8 Å². The van der Waals surface area contributed by atoms with E-state index >= 15 is 0 Å². The Hall–Kier alpha value is -2.81. The lowest BCUT2D eigenvalue weighted by molar-refractivity contribution is -0.116. The maximum Gasteiger partial charge on any atom is 0.238 e. The van der Waals surface area contributed by atoms with Gasteiger partial charge in [0.2, 0.25) is 17.6 Å². The van der Waals surface area contributed by atoms with Gasteiger partial charge in [-0.05, 0) is 28.1 Å². The summed E-state index contributed by atoms with van der Waals surface area (Å²) in [6.45, 7) is 0.993. The first-order valence-electron chi connectivity index (χ1n) is 7.94. The van der Waals surface area contributed by atoms with E-state index in [0.29, 0.717) is 58.8 Å². The highest BCUT2D eigenvalue weighted by atomic mass is 79.9. The van der Waals surface area contributed by atoms with Gasteiger partial charge in [-0.25, -0.2) is 0 Å². The molecule has 1 amide bonds. The van der Waals surface area contributed by atoms with Gasteiger partial charge in [-0.3, -0.25) is 4.79 Å². The van der Waals surface area contributed by atoms with Crippen molar-refractivity contribution in [1.29, 1.82) is 0 Å². The van der Waals surface area contributed by atoms with Crippen LogP contribution >= 0.6 is 15.9 Å². The second kappa shape index (κ2) is 7.20. The number of hydrogen-bond donors (Lipinski definition) is 1. The molecule has 0 unspecified atom stereocenters. The molecule has 134 valence electrons. The second-order valence-corrected chi connectivity index (χ2v) is 6.37. The number of halogens is 1. The predicted octanol–water partition coefficient (Wildman–Crippen LogP) is 3.43. The summed E-state index contributed by atoms with van der Waals surface area (Å²) < 4.78 is 22.1. The maximum absolute atomic E-state index is 12.2. The number of aromatic nitrogens is 2. The molecule has 0 radical (unpaired) electrons. The molecule has 26 heavy (non-hydrogen) atoms. The molecule has 0 saturated heterocycles. The zero-order chi connectivity index (χ0) is 17.9. The Balaban J connectivity index is 1.37. The number of ether oxygens (including phenoxy) is 2. The van der Waals surface area contributed by atoms with E-state index in [1.165, 1.54) is 6.26 Å². The number of nitrogens with zero attached hydrogens (tertiary/aromatic N) is 2. The topological polar surface area (TPSA) is 99.6 Å². The largest absolute Gasteiger partial charge is 0.486 e. The Labute approximate surface area is 156 Å². The van der Waals surface area contributed by atoms with Crippen LogP contribution in [-0.4, -0.2) is 29.3 Å². The fraction of sp³-hybridized carbons (Fsp3) is 0.235. The van der Waals surface area contributed by atoms with E-state index in [-0.39, 0.29) is 12.3 Å². The molecule has 1 N–H and O–H groups in total. The highest BCUT2D eigenvalue weighted by Gasteiger charge is 2.17. The third-order valence-electron chi connectivity index (χ3n) is 3.68. The lowest BCUT2D eigenvalue weighted by Gasteiger charge is -2.20. The van der Waals surface area contributed by atoms with Crippen molar-refractivity contribution in [3.05, 3.63) is 40.9 Å². The fourth-order valence-electron chi connectivity index (χ4n) is 2.46. The fourth-order valence-corrected chi connectivity index (χ4v) is 2.88. The summed E-state index contributed by atoms with van der Waals surface area (Å²) in [4.78, 5) is 16.4. The lowest BCUT2D eigenvalue weighted by atomic mass is 10.2. The van der Waals surface area contributed by atoms with Crippen LogP contribution in [0, 0.1) is 0 Å². The summed E-state index contributed by atoms with van der Waals surface area (Å²) >= 11 is 3.42. The molecule has 8 nitrogen and oxygen atoms in total. The summed E-state index contributed by atoms with van der Waals surface area (Å²) in [6.07, 6.45) is 2.05. The van der Waals surface area contributed by atoms with Crippen molar-refractivity contribution in [1.82, 2.24) is 10.1 Å². The van der Waals surface area contributed by atoms with Gasteiger partial charge < -0.3 is 23.7 Å². The molecule has 4 rings (SSSR count). The number of anilines is 1. The summed E-state index contributed by atoms with van der Waals surface area (Å²) in [6, 6.07) is 6.99. The number of hydrogen-bond acceptors (Lipinski definition) is 7. The number of furan rings is 1. The average Bonchev–Trinajstić information content (AvgIpc) is 3.32. The van der Waals surface area contributed by atoms with E-state index in [9.17, 15) is 4.79 Å². The number of benzene rings is 1. The molecule has 0 bridgehead atoms. The van der Waals surface area contributed by atoms with E-state index in [1.54, 1.807) is 24.3 Å². The minimum Gasteiger partial charge on any atom is -0.486 e. The van der Waals surface area contributed by atoms with Crippen molar-refractivity contribution in [3.8, 4) is 23.1 Å². The first kappa shape index (κ1) is 16.6. The number of fused-ring (bicyclic) bond motifs is 1. The first-order valence-corrected chi connectivity index (χ1v) is 8.74. The molecule has 1 aromatic carbocycles. The van der Waals surface area contributed by atoms with Gasteiger partial charge in [-0.2, -0.15) is 4.98 Å². The van der Waals surface area contributed by atoms with E-state index < -0.39 is 0 Å². The third kappa shape index (κ3) is 3.57. The Morgan fingerprint density at radius 2 is 2.04 bits per heavy atom. The van der Waals surface area contributed by atoms with Crippen LogP contribution in [0.1, 0.15) is 12.3 Å². The van der Waals surface area contributed by atoms with Crippen LogP contribution in [-0.2, 0) is 11.2 Å². The number of nitrogens with one attached hydrogen (secondary N) is 1. The van der Waals surface area contributed by atoms with Crippen LogP contribution in [0.2, 0.25) is 0 Å². The van der Waals surface area contributed by atoms with E-state index in [2.05, 4.69) is 31.4 Å². The Kier molecular flexibility index (Phi) is 4.61. The molecule has 0 atom stereocenters. The van der Waals surface area contributed by atoms with Gasteiger partial charge in [0.15, 0.2) is 17.3 Å². The summed E-state index contributed by atoms with van der Waals surface area (Å²) in [5.41, 5.74) is 0.612. The van der Waals surface area contributed by atoms with Gasteiger partial charge in [0.1, 0.15) is 13.2 Å². The number of carbonyl (C=O) groups is 1. The van der Waals surface area contributed by atoms with Gasteiger partial charge in [0.25, 0.3) is 0 Å². The SMILES string of the molecule is O=C(CCc1nc(-c2ccco2)no1)Nc1cc2c(cc1Br)OCCO2. The molecular weight excluding hydrogens is 406 g/mol. The minimum atomic E-state index is -0.180.